The summed E-state index contributed by atoms with van der Waals surface area (Å²) in [4.78, 5) is 34.8. The highest BCUT2D eigenvalue weighted by Crippen LogP contribution is 2.35. The Morgan fingerprint density at radius 1 is 1.14 bits per heavy atom. The fraction of sp³-hybridized carbons (Fsp3) is 0.370. The maximum absolute atomic E-state index is 13.1. The lowest BCUT2D eigenvalue weighted by atomic mass is 10.1. The Bertz CT molecular complexity index is 1120. The molecule has 184 valence electrons. The second-order valence-electron chi connectivity index (χ2n) is 8.25. The van der Waals surface area contributed by atoms with Gasteiger partial charge in [0.2, 0.25) is 0 Å². The van der Waals surface area contributed by atoms with E-state index in [0.29, 0.717) is 60.8 Å². The molecular weight excluding hydrogens is 462 g/mol. The molecule has 4 rings (SSSR count). The number of carbonyl (C=O) groups excluding carboxylic acids is 2. The van der Waals surface area contributed by atoms with Crippen LogP contribution in [0.4, 0.5) is 5.69 Å². The van der Waals surface area contributed by atoms with Crippen LogP contribution in [0, 0.1) is 0 Å². The van der Waals surface area contributed by atoms with Crippen molar-refractivity contribution >= 4 is 40.5 Å². The van der Waals surface area contributed by atoms with Crippen molar-refractivity contribution in [3.05, 3.63) is 64.6 Å². The zero-order chi connectivity index (χ0) is 24.6. The van der Waals surface area contributed by atoms with Gasteiger partial charge < -0.3 is 14.4 Å². The number of thioether (sulfide) groups is 1. The molecule has 0 unspecified atom stereocenters. The van der Waals surface area contributed by atoms with Crippen LogP contribution in [0.5, 0.6) is 5.75 Å². The number of likely N-dealkylation sites (N-methyl/N-ethyl adjacent to an activating group) is 1. The highest BCUT2D eigenvalue weighted by Gasteiger charge is 2.32. The molecular formula is C27H31N3O4S. The third kappa shape index (κ3) is 6.13. The smallest absolute Gasteiger partial charge is 0.266 e. The molecule has 0 radical (unpaired) electrons. The zero-order valence-electron chi connectivity index (χ0n) is 20.2. The Morgan fingerprint density at radius 3 is 2.71 bits per heavy atom. The second-order valence-corrected chi connectivity index (χ2v) is 9.26. The van der Waals surface area contributed by atoms with Crippen molar-refractivity contribution in [1.29, 1.82) is 0 Å². The lowest BCUT2D eigenvalue weighted by Crippen LogP contribution is -2.40. The summed E-state index contributed by atoms with van der Waals surface area (Å²) in [5.74, 6) is 0.655. The van der Waals surface area contributed by atoms with Crippen LogP contribution < -0.4 is 4.74 Å². The van der Waals surface area contributed by atoms with Crippen LogP contribution in [0.25, 0.3) is 6.08 Å². The van der Waals surface area contributed by atoms with Gasteiger partial charge in [0, 0.05) is 30.8 Å². The van der Waals surface area contributed by atoms with Crippen molar-refractivity contribution in [3.63, 3.8) is 0 Å². The number of nitrogens with zero attached hydrogens (tertiary/aromatic N) is 3. The van der Waals surface area contributed by atoms with E-state index in [2.05, 4.69) is 6.92 Å². The highest BCUT2D eigenvalue weighted by molar-refractivity contribution is 8.18. The molecule has 0 aliphatic carbocycles. The van der Waals surface area contributed by atoms with Crippen LogP contribution in [0.1, 0.15) is 42.6 Å². The van der Waals surface area contributed by atoms with Crippen molar-refractivity contribution in [2.75, 3.05) is 39.5 Å². The lowest BCUT2D eigenvalue weighted by molar-refractivity contribution is -0.122. The van der Waals surface area contributed by atoms with E-state index >= 15 is 0 Å². The summed E-state index contributed by atoms with van der Waals surface area (Å²) >= 11 is 1.34. The van der Waals surface area contributed by atoms with Gasteiger partial charge in [-0.2, -0.15) is 0 Å². The van der Waals surface area contributed by atoms with Crippen LogP contribution in [-0.2, 0) is 9.53 Å². The first-order valence-corrected chi connectivity index (χ1v) is 12.9. The summed E-state index contributed by atoms with van der Waals surface area (Å²) in [7, 11) is 0. The van der Waals surface area contributed by atoms with Crippen LogP contribution in [0.2, 0.25) is 0 Å². The number of unbranched alkanes of at least 4 members (excludes halogenated alkanes) is 1. The second kappa shape index (κ2) is 12.0. The Balaban J connectivity index is 1.56. The van der Waals surface area contributed by atoms with Gasteiger partial charge in [-0.25, -0.2) is 4.99 Å². The Morgan fingerprint density at radius 2 is 1.94 bits per heavy atom. The quantitative estimate of drug-likeness (QED) is 0.384. The number of amides is 2. The average molecular weight is 494 g/mol. The topological polar surface area (TPSA) is 71.4 Å². The number of amidine groups is 1. The number of hydrogen-bond donors (Lipinski definition) is 0. The van der Waals surface area contributed by atoms with Gasteiger partial charge in [0.25, 0.3) is 11.8 Å². The van der Waals surface area contributed by atoms with E-state index in [4.69, 9.17) is 14.5 Å². The SMILES string of the molecule is CCCCOc1ccccc1/C=C1/SC(=Nc2cccc(C(=O)N3CCOCC3)c2)N(CC)C1=O. The van der Waals surface area contributed by atoms with Crippen LogP contribution in [0.15, 0.2) is 58.4 Å². The molecule has 2 saturated heterocycles. The van der Waals surface area contributed by atoms with Crippen molar-refractivity contribution in [1.82, 2.24) is 9.80 Å². The normalized spacial score (nSPS) is 18.5. The minimum atomic E-state index is -0.0832. The maximum atomic E-state index is 13.1. The van der Waals surface area contributed by atoms with Gasteiger partial charge in [-0.05, 0) is 55.4 Å². The number of hydrogen-bond acceptors (Lipinski definition) is 6. The van der Waals surface area contributed by atoms with Crippen LogP contribution in [0.3, 0.4) is 0 Å². The molecule has 0 aromatic heterocycles. The Kier molecular flexibility index (Phi) is 8.60. The highest BCUT2D eigenvalue weighted by atomic mass is 32.2. The van der Waals surface area contributed by atoms with Gasteiger partial charge in [0.15, 0.2) is 5.17 Å². The van der Waals surface area contributed by atoms with Crippen molar-refractivity contribution in [2.24, 2.45) is 4.99 Å². The van der Waals surface area contributed by atoms with Gasteiger partial charge in [0.1, 0.15) is 5.75 Å². The molecule has 2 aliphatic rings. The number of benzene rings is 2. The van der Waals surface area contributed by atoms with Gasteiger partial charge >= 0.3 is 0 Å². The van der Waals surface area contributed by atoms with Crippen LogP contribution >= 0.6 is 11.8 Å². The molecule has 2 aromatic carbocycles. The molecule has 0 atom stereocenters. The number of aliphatic imine (C=N–C) groups is 1. The molecule has 8 heteroatoms. The number of rotatable bonds is 8. The molecule has 2 amide bonds. The first-order valence-electron chi connectivity index (χ1n) is 12.1. The summed E-state index contributed by atoms with van der Waals surface area (Å²) < 4.78 is 11.3. The molecule has 2 aliphatic heterocycles. The fourth-order valence-electron chi connectivity index (χ4n) is 3.84. The number of ether oxygens (including phenoxy) is 2. The monoisotopic (exact) mass is 493 g/mol. The van der Waals surface area contributed by atoms with Crippen molar-refractivity contribution in [3.8, 4) is 5.75 Å². The maximum Gasteiger partial charge on any atom is 0.266 e. The Hall–Kier alpha value is -3.10. The minimum Gasteiger partial charge on any atom is -0.493 e. The molecule has 7 nitrogen and oxygen atoms in total. The van der Waals surface area contributed by atoms with Crippen molar-refractivity contribution in [2.45, 2.75) is 26.7 Å². The third-order valence-corrected chi connectivity index (χ3v) is 6.79. The molecule has 0 N–H and O–H groups in total. The lowest BCUT2D eigenvalue weighted by Gasteiger charge is -2.26. The van der Waals surface area contributed by atoms with E-state index in [1.807, 2.05) is 49.4 Å². The fourth-order valence-corrected chi connectivity index (χ4v) is 4.89. The first-order chi connectivity index (χ1) is 17.1. The molecule has 2 fully saturated rings. The van der Waals surface area contributed by atoms with E-state index < -0.39 is 0 Å². The summed E-state index contributed by atoms with van der Waals surface area (Å²) in [6.07, 6.45) is 3.91. The molecule has 2 aromatic rings. The summed E-state index contributed by atoms with van der Waals surface area (Å²) in [5, 5.41) is 0.601. The average Bonchev–Trinajstić information content (AvgIpc) is 3.18. The standard InChI is InChI=1S/C27H31N3O4S/c1-3-5-15-34-23-12-7-6-9-20(23)19-24-26(32)30(4-2)27(35-24)28-22-11-8-10-21(18-22)25(31)29-13-16-33-17-14-29/h6-12,18-19H,3-5,13-17H2,1-2H3/b24-19+,28-27?. The molecule has 0 bridgehead atoms. The molecule has 0 saturated carbocycles. The van der Waals surface area contributed by atoms with Gasteiger partial charge in [-0.1, -0.05) is 37.6 Å². The number of carbonyl (C=O) groups is 2. The largest absolute Gasteiger partial charge is 0.493 e. The van der Waals surface area contributed by atoms with E-state index in [1.54, 1.807) is 21.9 Å². The van der Waals surface area contributed by atoms with E-state index in [-0.39, 0.29) is 11.8 Å². The predicted molar refractivity (Wildman–Crippen MR) is 140 cm³/mol. The summed E-state index contributed by atoms with van der Waals surface area (Å²) in [6.45, 7) is 7.48. The minimum absolute atomic E-state index is 0.0295. The number of morpholine rings is 1. The first kappa shape index (κ1) is 25.0. The molecule has 2 heterocycles. The summed E-state index contributed by atoms with van der Waals surface area (Å²) in [6, 6.07) is 15.0. The number of para-hydroxylation sites is 1. The molecule has 0 spiro atoms. The third-order valence-electron chi connectivity index (χ3n) is 5.78. The zero-order valence-corrected chi connectivity index (χ0v) is 21.1. The molecule has 35 heavy (non-hydrogen) atoms. The van der Waals surface area contributed by atoms with E-state index in [0.717, 1.165) is 24.2 Å². The van der Waals surface area contributed by atoms with Gasteiger partial charge in [-0.15, -0.1) is 0 Å². The predicted octanol–water partition coefficient (Wildman–Crippen LogP) is 4.96. The van der Waals surface area contributed by atoms with Gasteiger partial charge in [-0.3, -0.25) is 14.5 Å². The van der Waals surface area contributed by atoms with Crippen LogP contribution in [-0.4, -0.2) is 66.2 Å². The summed E-state index contributed by atoms with van der Waals surface area (Å²) in [5.41, 5.74) is 2.09. The van der Waals surface area contributed by atoms with Crippen molar-refractivity contribution < 1.29 is 19.1 Å². The van der Waals surface area contributed by atoms with Gasteiger partial charge in [0.05, 0.1) is 30.4 Å². The van der Waals surface area contributed by atoms with E-state index in [1.165, 1.54) is 11.8 Å². The van der Waals surface area contributed by atoms with E-state index in [9.17, 15) is 9.59 Å². The Labute approximate surface area is 210 Å².